The van der Waals surface area contributed by atoms with Gasteiger partial charge in [0.15, 0.2) is 0 Å². The number of nitrogens with zero attached hydrogens (tertiary/aromatic N) is 1. The smallest absolute Gasteiger partial charge is 0.139 e. The Morgan fingerprint density at radius 2 is 1.88 bits per heavy atom. The molecule has 0 heterocycles. The molecule has 0 aliphatic rings. The van der Waals surface area contributed by atoms with Crippen LogP contribution < -0.4 is 5.11 Å². The standard InChI is InChI=1S/C13H17NO3/c1-2-14(13(16)17)9-8-12(15)10-11-6-4-3-5-7-11/h3-7H,2,8-10H2,1H3,(H,16,17)/p-1. The van der Waals surface area contributed by atoms with Gasteiger partial charge in [0.1, 0.15) is 11.9 Å². The Bertz CT molecular complexity index is 376. The van der Waals surface area contributed by atoms with Crippen LogP contribution in [0.4, 0.5) is 4.79 Å². The largest absolute Gasteiger partial charge is 0.530 e. The lowest BCUT2D eigenvalue weighted by Gasteiger charge is -2.22. The summed E-state index contributed by atoms with van der Waals surface area (Å²) in [4.78, 5) is 23.3. The van der Waals surface area contributed by atoms with Crippen LogP contribution in [-0.2, 0) is 11.2 Å². The molecule has 1 aromatic carbocycles. The van der Waals surface area contributed by atoms with Crippen LogP contribution in [0.15, 0.2) is 30.3 Å². The normalized spacial score (nSPS) is 9.94. The third-order valence-electron chi connectivity index (χ3n) is 2.54. The zero-order valence-electron chi connectivity index (χ0n) is 9.89. The number of carbonyl (C=O) groups is 2. The van der Waals surface area contributed by atoms with E-state index >= 15 is 0 Å². The zero-order chi connectivity index (χ0) is 12.7. The van der Waals surface area contributed by atoms with Crippen LogP contribution in [0.3, 0.4) is 0 Å². The van der Waals surface area contributed by atoms with E-state index in [9.17, 15) is 14.7 Å². The summed E-state index contributed by atoms with van der Waals surface area (Å²) < 4.78 is 0. The molecule has 0 saturated heterocycles. The van der Waals surface area contributed by atoms with Crippen LogP contribution in [0.25, 0.3) is 0 Å². The summed E-state index contributed by atoms with van der Waals surface area (Å²) >= 11 is 0. The minimum atomic E-state index is -1.22. The van der Waals surface area contributed by atoms with Crippen molar-refractivity contribution in [1.29, 1.82) is 0 Å². The van der Waals surface area contributed by atoms with Crippen molar-refractivity contribution in [3.05, 3.63) is 35.9 Å². The molecule has 0 bridgehead atoms. The molecule has 4 heteroatoms. The fourth-order valence-electron chi connectivity index (χ4n) is 1.55. The van der Waals surface area contributed by atoms with Gasteiger partial charge >= 0.3 is 0 Å². The molecule has 0 aromatic heterocycles. The van der Waals surface area contributed by atoms with Gasteiger partial charge in [0.05, 0.1) is 0 Å². The summed E-state index contributed by atoms with van der Waals surface area (Å²) in [5.74, 6) is 0.0379. The fraction of sp³-hybridized carbons (Fsp3) is 0.385. The molecule has 0 aliphatic heterocycles. The van der Waals surface area contributed by atoms with Crippen molar-refractivity contribution in [2.45, 2.75) is 19.8 Å². The summed E-state index contributed by atoms with van der Waals surface area (Å²) in [7, 11) is 0. The Morgan fingerprint density at radius 3 is 2.41 bits per heavy atom. The van der Waals surface area contributed by atoms with E-state index < -0.39 is 6.09 Å². The van der Waals surface area contributed by atoms with Gasteiger partial charge in [-0.1, -0.05) is 30.3 Å². The Hall–Kier alpha value is -1.84. The Balaban J connectivity index is 2.38. The molecule has 17 heavy (non-hydrogen) atoms. The van der Waals surface area contributed by atoms with Gasteiger partial charge in [0.2, 0.25) is 0 Å². The second-order valence-corrected chi connectivity index (χ2v) is 3.80. The Kier molecular flexibility index (Phi) is 5.20. The first-order valence-electron chi connectivity index (χ1n) is 5.65. The van der Waals surface area contributed by atoms with E-state index in [1.54, 1.807) is 6.92 Å². The highest BCUT2D eigenvalue weighted by molar-refractivity contribution is 5.81. The van der Waals surface area contributed by atoms with Gasteiger partial charge < -0.3 is 14.8 Å². The topological polar surface area (TPSA) is 60.4 Å². The number of hydrogen-bond donors (Lipinski definition) is 0. The number of Topliss-reactive ketones (excluding diaryl/α,β-unsaturated/α-hetero) is 1. The fourth-order valence-corrected chi connectivity index (χ4v) is 1.55. The van der Waals surface area contributed by atoms with Crippen LogP contribution in [0.2, 0.25) is 0 Å². The Morgan fingerprint density at radius 1 is 1.24 bits per heavy atom. The molecule has 0 fully saturated rings. The third-order valence-corrected chi connectivity index (χ3v) is 2.54. The summed E-state index contributed by atoms with van der Waals surface area (Å²) in [5, 5.41) is 10.6. The molecule has 1 rings (SSSR count). The van der Waals surface area contributed by atoms with Crippen molar-refractivity contribution < 1.29 is 14.7 Å². The van der Waals surface area contributed by atoms with Crippen molar-refractivity contribution in [1.82, 2.24) is 4.90 Å². The summed E-state index contributed by atoms with van der Waals surface area (Å²) in [6.45, 7) is 2.28. The van der Waals surface area contributed by atoms with Crippen molar-refractivity contribution >= 4 is 11.9 Å². The molecule has 0 radical (unpaired) electrons. The van der Waals surface area contributed by atoms with Crippen LogP contribution in [0.1, 0.15) is 18.9 Å². The highest BCUT2D eigenvalue weighted by atomic mass is 16.4. The molecule has 0 spiro atoms. The zero-order valence-corrected chi connectivity index (χ0v) is 9.89. The van der Waals surface area contributed by atoms with Gasteiger partial charge in [-0.05, 0) is 12.5 Å². The quantitative estimate of drug-likeness (QED) is 0.733. The minimum absolute atomic E-state index is 0.0379. The van der Waals surface area contributed by atoms with Crippen molar-refractivity contribution in [2.75, 3.05) is 13.1 Å². The van der Waals surface area contributed by atoms with Crippen molar-refractivity contribution in [2.24, 2.45) is 0 Å². The van der Waals surface area contributed by atoms with Crippen LogP contribution in [-0.4, -0.2) is 29.9 Å². The predicted molar refractivity (Wildman–Crippen MR) is 62.4 cm³/mol. The number of benzene rings is 1. The molecule has 0 atom stereocenters. The maximum absolute atomic E-state index is 11.6. The van der Waals surface area contributed by atoms with Gasteiger partial charge in [-0.2, -0.15) is 0 Å². The van der Waals surface area contributed by atoms with Crippen molar-refractivity contribution in [3.63, 3.8) is 0 Å². The van der Waals surface area contributed by atoms with E-state index in [0.29, 0.717) is 13.0 Å². The van der Waals surface area contributed by atoms with Gasteiger partial charge in [-0.3, -0.25) is 4.79 Å². The first kappa shape index (κ1) is 13.2. The highest BCUT2D eigenvalue weighted by Crippen LogP contribution is 2.02. The lowest BCUT2D eigenvalue weighted by molar-refractivity contribution is -0.265. The monoisotopic (exact) mass is 234 g/mol. The predicted octanol–water partition coefficient (Wildman–Crippen LogP) is 0.853. The first-order valence-corrected chi connectivity index (χ1v) is 5.65. The van der Waals surface area contributed by atoms with Gasteiger partial charge in [0, 0.05) is 25.9 Å². The van der Waals surface area contributed by atoms with E-state index in [1.165, 1.54) is 0 Å². The van der Waals surface area contributed by atoms with Crippen molar-refractivity contribution in [3.8, 4) is 0 Å². The SMILES string of the molecule is CCN(CCC(=O)Cc1ccccc1)C(=O)[O-]. The number of amides is 1. The molecule has 0 aliphatic carbocycles. The maximum atomic E-state index is 11.6. The molecular formula is C13H16NO3-. The van der Waals surface area contributed by atoms with E-state index in [2.05, 4.69) is 0 Å². The van der Waals surface area contributed by atoms with Gasteiger partial charge in [-0.25, -0.2) is 0 Å². The number of hydrogen-bond acceptors (Lipinski definition) is 3. The number of carboxylic acid groups (broad SMARTS) is 1. The second kappa shape index (κ2) is 6.68. The molecule has 1 amide bonds. The molecule has 4 nitrogen and oxygen atoms in total. The first-order chi connectivity index (χ1) is 8.13. The van der Waals surface area contributed by atoms with E-state index in [1.807, 2.05) is 30.3 Å². The van der Waals surface area contributed by atoms with Gasteiger partial charge in [0.25, 0.3) is 0 Å². The van der Waals surface area contributed by atoms with E-state index in [4.69, 9.17) is 0 Å². The molecule has 0 unspecified atom stereocenters. The van der Waals surface area contributed by atoms with E-state index in [-0.39, 0.29) is 18.7 Å². The third kappa shape index (κ3) is 4.68. The molecule has 0 saturated carbocycles. The molecule has 0 N–H and O–H groups in total. The summed E-state index contributed by atoms with van der Waals surface area (Å²) in [5.41, 5.74) is 0.953. The number of ketones is 1. The summed E-state index contributed by atoms with van der Waals surface area (Å²) in [6, 6.07) is 9.41. The molecule has 1 aromatic rings. The summed E-state index contributed by atoms with van der Waals surface area (Å²) in [6.07, 6.45) is -0.637. The van der Waals surface area contributed by atoms with Crippen LogP contribution >= 0.6 is 0 Å². The molecular weight excluding hydrogens is 218 g/mol. The minimum Gasteiger partial charge on any atom is -0.530 e. The number of carbonyl (C=O) groups excluding carboxylic acids is 2. The molecule has 92 valence electrons. The van der Waals surface area contributed by atoms with E-state index in [0.717, 1.165) is 10.5 Å². The van der Waals surface area contributed by atoms with Crippen LogP contribution in [0, 0.1) is 0 Å². The maximum Gasteiger partial charge on any atom is 0.139 e. The number of rotatable bonds is 6. The van der Waals surface area contributed by atoms with Gasteiger partial charge in [-0.15, -0.1) is 0 Å². The lowest BCUT2D eigenvalue weighted by Crippen LogP contribution is -2.42. The highest BCUT2D eigenvalue weighted by Gasteiger charge is 2.07. The average molecular weight is 234 g/mol. The van der Waals surface area contributed by atoms with Crippen LogP contribution in [0.5, 0.6) is 0 Å². The lowest BCUT2D eigenvalue weighted by atomic mass is 10.1. The second-order valence-electron chi connectivity index (χ2n) is 3.80. The Labute approximate surface area is 101 Å². The average Bonchev–Trinajstić information content (AvgIpc) is 2.30.